The van der Waals surface area contributed by atoms with Gasteiger partial charge in [0.15, 0.2) is 11.3 Å². The Morgan fingerprint density at radius 1 is 1.00 bits per heavy atom. The highest BCUT2D eigenvalue weighted by Gasteiger charge is 2.30. The third-order valence-electron chi connectivity index (χ3n) is 4.72. The number of hydrogen-bond acceptors (Lipinski definition) is 4. The van der Waals surface area contributed by atoms with E-state index >= 15 is 0 Å². The molecule has 0 fully saturated rings. The lowest BCUT2D eigenvalue weighted by Gasteiger charge is -2.10. The summed E-state index contributed by atoms with van der Waals surface area (Å²) in [5, 5.41) is 8.80. The topological polar surface area (TPSA) is 80.9 Å². The van der Waals surface area contributed by atoms with E-state index in [-0.39, 0.29) is 5.56 Å². The van der Waals surface area contributed by atoms with Gasteiger partial charge >= 0.3 is 6.18 Å². The molecular formula is C19H17F3N6O. The highest BCUT2D eigenvalue weighted by atomic mass is 19.4. The quantitative estimate of drug-likeness (QED) is 0.557. The van der Waals surface area contributed by atoms with Gasteiger partial charge in [-0.3, -0.25) is 9.48 Å². The predicted molar refractivity (Wildman–Crippen MR) is 100 cm³/mol. The zero-order valence-electron chi connectivity index (χ0n) is 16.1. The predicted octanol–water partition coefficient (Wildman–Crippen LogP) is 3.43. The molecule has 0 spiro atoms. The van der Waals surface area contributed by atoms with E-state index in [1.807, 2.05) is 0 Å². The number of aromatic amines is 1. The second-order valence-corrected chi connectivity index (χ2v) is 6.83. The second-order valence-electron chi connectivity index (χ2n) is 6.83. The van der Waals surface area contributed by atoms with Gasteiger partial charge < -0.3 is 4.98 Å². The van der Waals surface area contributed by atoms with Crippen molar-refractivity contribution in [1.82, 2.24) is 29.4 Å². The molecular weight excluding hydrogens is 385 g/mol. The second kappa shape index (κ2) is 6.29. The van der Waals surface area contributed by atoms with Crippen LogP contribution < -0.4 is 5.56 Å². The summed E-state index contributed by atoms with van der Waals surface area (Å²) in [6, 6.07) is 4.86. The zero-order valence-corrected chi connectivity index (χ0v) is 16.1. The molecule has 0 aliphatic heterocycles. The van der Waals surface area contributed by atoms with Gasteiger partial charge in [0, 0.05) is 12.6 Å². The molecule has 0 saturated carbocycles. The third-order valence-corrected chi connectivity index (χ3v) is 4.72. The van der Waals surface area contributed by atoms with Gasteiger partial charge in [-0.15, -0.1) is 0 Å². The molecule has 10 heteroatoms. The van der Waals surface area contributed by atoms with Crippen LogP contribution in [-0.2, 0) is 13.2 Å². The Hall–Kier alpha value is -3.43. The largest absolute Gasteiger partial charge is 0.416 e. The van der Waals surface area contributed by atoms with Crippen LogP contribution in [0.5, 0.6) is 0 Å². The molecule has 0 aliphatic carbocycles. The van der Waals surface area contributed by atoms with Gasteiger partial charge in [-0.05, 0) is 32.9 Å². The Morgan fingerprint density at radius 3 is 2.28 bits per heavy atom. The highest BCUT2D eigenvalue weighted by molar-refractivity contribution is 5.81. The van der Waals surface area contributed by atoms with E-state index in [0.29, 0.717) is 45.4 Å². The van der Waals surface area contributed by atoms with Crippen LogP contribution in [0.2, 0.25) is 0 Å². The Kier molecular flexibility index (Phi) is 4.10. The Bertz CT molecular complexity index is 1290. The van der Waals surface area contributed by atoms with Gasteiger partial charge in [0.05, 0.1) is 28.2 Å². The van der Waals surface area contributed by atoms with Gasteiger partial charge in [-0.2, -0.15) is 23.4 Å². The lowest BCUT2D eigenvalue weighted by Crippen LogP contribution is -2.15. The van der Waals surface area contributed by atoms with Crippen molar-refractivity contribution in [2.45, 2.75) is 26.9 Å². The van der Waals surface area contributed by atoms with Crippen molar-refractivity contribution in [3.8, 4) is 22.6 Å². The molecule has 1 N–H and O–H groups in total. The van der Waals surface area contributed by atoms with Crippen molar-refractivity contribution in [3.05, 3.63) is 57.4 Å². The summed E-state index contributed by atoms with van der Waals surface area (Å²) in [4.78, 5) is 19.5. The fourth-order valence-corrected chi connectivity index (χ4v) is 3.51. The molecule has 4 aromatic rings. The van der Waals surface area contributed by atoms with Gasteiger partial charge in [-0.25, -0.2) is 9.50 Å². The standard InChI is InChI=1S/C19H17F3N6O/c1-9-14(17-23-10(2)15-18(29)24-11(3)26-28(15)17)16(27(4)25-9)12-5-7-13(8-6-12)19(20,21)22/h5-8H,1-4H3,(H,24,26,29). The van der Waals surface area contributed by atoms with E-state index in [0.717, 1.165) is 12.1 Å². The number of benzene rings is 1. The highest BCUT2D eigenvalue weighted by Crippen LogP contribution is 2.36. The van der Waals surface area contributed by atoms with E-state index in [2.05, 4.69) is 20.2 Å². The minimum Gasteiger partial charge on any atom is -0.307 e. The average molecular weight is 402 g/mol. The molecule has 0 saturated heterocycles. The van der Waals surface area contributed by atoms with E-state index in [4.69, 9.17) is 0 Å². The molecule has 7 nitrogen and oxygen atoms in total. The molecule has 3 heterocycles. The molecule has 1 aromatic carbocycles. The number of hydrogen-bond donors (Lipinski definition) is 1. The zero-order chi connectivity index (χ0) is 21.1. The number of fused-ring (bicyclic) bond motifs is 1. The van der Waals surface area contributed by atoms with Crippen LogP contribution in [0, 0.1) is 20.8 Å². The first-order valence-corrected chi connectivity index (χ1v) is 8.75. The van der Waals surface area contributed by atoms with E-state index in [1.54, 1.807) is 32.5 Å². The molecule has 0 aliphatic rings. The van der Waals surface area contributed by atoms with Crippen LogP contribution in [0.15, 0.2) is 29.1 Å². The maximum absolute atomic E-state index is 12.9. The van der Waals surface area contributed by atoms with Crippen molar-refractivity contribution in [1.29, 1.82) is 0 Å². The van der Waals surface area contributed by atoms with E-state index in [1.165, 1.54) is 16.6 Å². The first kappa shape index (κ1) is 18.9. The summed E-state index contributed by atoms with van der Waals surface area (Å²) >= 11 is 0. The molecule has 3 aromatic heterocycles. The van der Waals surface area contributed by atoms with E-state index in [9.17, 15) is 18.0 Å². The summed E-state index contributed by atoms with van der Waals surface area (Å²) in [5.74, 6) is 0.825. The van der Waals surface area contributed by atoms with Crippen molar-refractivity contribution >= 4 is 5.52 Å². The number of rotatable bonds is 2. The number of aryl methyl sites for hydroxylation is 4. The van der Waals surface area contributed by atoms with Crippen molar-refractivity contribution in [2.75, 3.05) is 0 Å². The molecule has 4 rings (SSSR count). The fourth-order valence-electron chi connectivity index (χ4n) is 3.51. The molecule has 150 valence electrons. The summed E-state index contributed by atoms with van der Waals surface area (Å²) in [6.07, 6.45) is -4.41. The molecule has 0 amide bonds. The van der Waals surface area contributed by atoms with Crippen molar-refractivity contribution in [2.24, 2.45) is 7.05 Å². The van der Waals surface area contributed by atoms with Gasteiger partial charge in [-0.1, -0.05) is 12.1 Å². The van der Waals surface area contributed by atoms with Crippen molar-refractivity contribution < 1.29 is 13.2 Å². The SMILES string of the molecule is Cc1nn2c(-c3c(C)nn(C)c3-c3ccc(C(F)(F)F)cc3)nc(C)c2c(=O)[nH]1. The normalized spacial score (nSPS) is 12.1. The summed E-state index contributed by atoms with van der Waals surface area (Å²) < 4.78 is 41.8. The number of aromatic nitrogens is 6. The van der Waals surface area contributed by atoms with Crippen molar-refractivity contribution in [3.63, 3.8) is 0 Å². The lowest BCUT2D eigenvalue weighted by molar-refractivity contribution is -0.137. The lowest BCUT2D eigenvalue weighted by atomic mass is 10.0. The number of imidazole rings is 1. The Balaban J connectivity index is 1.99. The monoisotopic (exact) mass is 402 g/mol. The average Bonchev–Trinajstić information content (AvgIpc) is 3.09. The van der Waals surface area contributed by atoms with Crippen LogP contribution in [0.25, 0.3) is 28.2 Å². The Morgan fingerprint density at radius 2 is 1.66 bits per heavy atom. The first-order valence-electron chi connectivity index (χ1n) is 8.75. The summed E-state index contributed by atoms with van der Waals surface area (Å²) in [5.41, 5.74) is 2.12. The summed E-state index contributed by atoms with van der Waals surface area (Å²) in [7, 11) is 1.71. The van der Waals surface area contributed by atoms with Gasteiger partial charge in [0.2, 0.25) is 0 Å². The van der Waals surface area contributed by atoms with Crippen LogP contribution in [0.1, 0.15) is 22.8 Å². The van der Waals surface area contributed by atoms with Gasteiger partial charge in [0.25, 0.3) is 5.56 Å². The number of nitrogens with one attached hydrogen (secondary N) is 1. The van der Waals surface area contributed by atoms with E-state index < -0.39 is 11.7 Å². The third kappa shape index (κ3) is 3.00. The van der Waals surface area contributed by atoms with Crippen LogP contribution in [-0.4, -0.2) is 29.4 Å². The molecule has 29 heavy (non-hydrogen) atoms. The first-order chi connectivity index (χ1) is 13.6. The molecule has 0 atom stereocenters. The summed E-state index contributed by atoms with van der Waals surface area (Å²) in [6.45, 7) is 5.14. The molecule has 0 radical (unpaired) electrons. The number of halogens is 3. The maximum Gasteiger partial charge on any atom is 0.416 e. The number of H-pyrrole nitrogens is 1. The van der Waals surface area contributed by atoms with Crippen LogP contribution in [0.4, 0.5) is 13.2 Å². The maximum atomic E-state index is 12.9. The smallest absolute Gasteiger partial charge is 0.307 e. The van der Waals surface area contributed by atoms with Crippen LogP contribution >= 0.6 is 0 Å². The molecule has 0 unspecified atom stereocenters. The van der Waals surface area contributed by atoms with Gasteiger partial charge in [0.1, 0.15) is 5.82 Å². The number of alkyl halides is 3. The van der Waals surface area contributed by atoms with Crippen LogP contribution in [0.3, 0.4) is 0 Å². The Labute approximate surface area is 162 Å². The number of nitrogens with zero attached hydrogens (tertiary/aromatic N) is 5. The minimum atomic E-state index is -4.41. The molecule has 0 bridgehead atoms. The minimum absolute atomic E-state index is 0.312. The fraction of sp³-hybridized carbons (Fsp3) is 0.263.